The van der Waals surface area contributed by atoms with E-state index in [1.165, 1.54) is 12.8 Å². The van der Waals surface area contributed by atoms with Gasteiger partial charge in [0.15, 0.2) is 5.78 Å². The van der Waals surface area contributed by atoms with Crippen molar-refractivity contribution < 1.29 is 4.79 Å². The van der Waals surface area contributed by atoms with Crippen LogP contribution >= 0.6 is 0 Å². The van der Waals surface area contributed by atoms with E-state index in [1.54, 1.807) is 0 Å². The highest BCUT2D eigenvalue weighted by atomic mass is 16.1. The SMILES string of the molecule is CC(C)(CN1CCCC1(C)C)C(=O)c1ccccc1. The third-order valence-corrected chi connectivity index (χ3v) is 4.31. The molecule has 0 spiro atoms. The molecular formula is C17H25NO. The van der Waals surface area contributed by atoms with Crippen molar-refractivity contribution in [2.75, 3.05) is 13.1 Å². The minimum atomic E-state index is -0.330. The summed E-state index contributed by atoms with van der Waals surface area (Å²) in [4.78, 5) is 15.1. The lowest BCUT2D eigenvalue weighted by atomic mass is 9.83. The van der Waals surface area contributed by atoms with E-state index in [0.29, 0.717) is 0 Å². The Hall–Kier alpha value is -1.15. The second-order valence-corrected chi connectivity index (χ2v) is 6.92. The third kappa shape index (κ3) is 3.06. The Morgan fingerprint density at radius 1 is 1.26 bits per heavy atom. The molecule has 1 heterocycles. The number of likely N-dealkylation sites (tertiary alicyclic amines) is 1. The first-order valence-electron chi connectivity index (χ1n) is 7.18. The molecular weight excluding hydrogens is 234 g/mol. The molecule has 0 aromatic heterocycles. The van der Waals surface area contributed by atoms with Crippen LogP contribution in [0, 0.1) is 5.41 Å². The molecule has 0 unspecified atom stereocenters. The van der Waals surface area contributed by atoms with Gasteiger partial charge in [-0.3, -0.25) is 9.69 Å². The van der Waals surface area contributed by atoms with E-state index < -0.39 is 0 Å². The van der Waals surface area contributed by atoms with Gasteiger partial charge in [-0.25, -0.2) is 0 Å². The van der Waals surface area contributed by atoms with Gasteiger partial charge in [0.1, 0.15) is 0 Å². The number of benzene rings is 1. The van der Waals surface area contributed by atoms with Crippen LogP contribution in [0.15, 0.2) is 30.3 Å². The van der Waals surface area contributed by atoms with Crippen molar-refractivity contribution in [2.24, 2.45) is 5.41 Å². The summed E-state index contributed by atoms with van der Waals surface area (Å²) in [5.41, 5.74) is 0.724. The highest BCUT2D eigenvalue weighted by Crippen LogP contribution is 2.33. The molecule has 0 bridgehead atoms. The summed E-state index contributed by atoms with van der Waals surface area (Å²) in [7, 11) is 0. The Morgan fingerprint density at radius 3 is 2.42 bits per heavy atom. The Labute approximate surface area is 116 Å². The van der Waals surface area contributed by atoms with E-state index in [2.05, 4.69) is 32.6 Å². The van der Waals surface area contributed by atoms with Crippen LogP contribution in [-0.4, -0.2) is 29.3 Å². The quantitative estimate of drug-likeness (QED) is 0.767. The number of ketones is 1. The molecule has 1 aromatic carbocycles. The van der Waals surface area contributed by atoms with E-state index in [0.717, 1.165) is 18.7 Å². The number of Topliss-reactive ketones (excluding diaryl/α,β-unsaturated/α-hetero) is 1. The van der Waals surface area contributed by atoms with Gasteiger partial charge in [0.25, 0.3) is 0 Å². The van der Waals surface area contributed by atoms with Crippen molar-refractivity contribution >= 4 is 5.78 Å². The zero-order valence-electron chi connectivity index (χ0n) is 12.6. The van der Waals surface area contributed by atoms with Crippen LogP contribution in [0.5, 0.6) is 0 Å². The Morgan fingerprint density at radius 2 is 1.89 bits per heavy atom. The molecule has 0 saturated carbocycles. The predicted octanol–water partition coefficient (Wildman–Crippen LogP) is 3.77. The number of carbonyl (C=O) groups excluding carboxylic acids is 1. The molecule has 1 saturated heterocycles. The van der Waals surface area contributed by atoms with Crippen molar-refractivity contribution in [1.82, 2.24) is 4.90 Å². The molecule has 0 radical (unpaired) electrons. The molecule has 1 aromatic rings. The summed E-state index contributed by atoms with van der Waals surface area (Å²) in [6.45, 7) is 10.6. The fourth-order valence-corrected chi connectivity index (χ4v) is 2.99. The molecule has 19 heavy (non-hydrogen) atoms. The molecule has 2 rings (SSSR count). The molecule has 0 amide bonds. The van der Waals surface area contributed by atoms with E-state index >= 15 is 0 Å². The highest BCUT2D eigenvalue weighted by Gasteiger charge is 2.38. The summed E-state index contributed by atoms with van der Waals surface area (Å²) in [5.74, 6) is 0.246. The van der Waals surface area contributed by atoms with Gasteiger partial charge in [-0.1, -0.05) is 44.2 Å². The van der Waals surface area contributed by atoms with Gasteiger partial charge in [-0.15, -0.1) is 0 Å². The smallest absolute Gasteiger partial charge is 0.169 e. The van der Waals surface area contributed by atoms with Gasteiger partial charge in [0.05, 0.1) is 0 Å². The van der Waals surface area contributed by atoms with Crippen molar-refractivity contribution in [1.29, 1.82) is 0 Å². The first-order valence-corrected chi connectivity index (χ1v) is 7.18. The molecule has 0 N–H and O–H groups in total. The van der Waals surface area contributed by atoms with Crippen LogP contribution in [0.25, 0.3) is 0 Å². The van der Waals surface area contributed by atoms with Crippen molar-refractivity contribution in [3.63, 3.8) is 0 Å². The van der Waals surface area contributed by atoms with Crippen LogP contribution in [-0.2, 0) is 0 Å². The Balaban J connectivity index is 2.12. The maximum absolute atomic E-state index is 12.6. The summed E-state index contributed by atoms with van der Waals surface area (Å²) < 4.78 is 0. The minimum Gasteiger partial charge on any atom is -0.297 e. The van der Waals surface area contributed by atoms with Crippen molar-refractivity contribution in [3.05, 3.63) is 35.9 Å². The summed E-state index contributed by atoms with van der Waals surface area (Å²) >= 11 is 0. The maximum atomic E-state index is 12.6. The molecule has 104 valence electrons. The highest BCUT2D eigenvalue weighted by molar-refractivity contribution is 6.00. The van der Waals surface area contributed by atoms with Gasteiger partial charge >= 0.3 is 0 Å². The number of hydrogen-bond donors (Lipinski definition) is 0. The Bertz CT molecular complexity index is 448. The molecule has 0 atom stereocenters. The van der Waals surface area contributed by atoms with Gasteiger partial charge in [-0.2, -0.15) is 0 Å². The topological polar surface area (TPSA) is 20.3 Å². The predicted molar refractivity (Wildman–Crippen MR) is 79.4 cm³/mol. The zero-order chi connectivity index (χ0) is 14.1. The number of rotatable bonds is 4. The third-order valence-electron chi connectivity index (χ3n) is 4.31. The van der Waals surface area contributed by atoms with E-state index in [4.69, 9.17) is 0 Å². The largest absolute Gasteiger partial charge is 0.297 e. The minimum absolute atomic E-state index is 0.230. The first kappa shape index (κ1) is 14.3. The van der Waals surface area contributed by atoms with E-state index in [9.17, 15) is 4.79 Å². The molecule has 2 nitrogen and oxygen atoms in total. The molecule has 1 aliphatic heterocycles. The fourth-order valence-electron chi connectivity index (χ4n) is 2.99. The number of nitrogens with zero attached hydrogens (tertiary/aromatic N) is 1. The van der Waals surface area contributed by atoms with Crippen LogP contribution in [0.1, 0.15) is 50.9 Å². The van der Waals surface area contributed by atoms with Gasteiger partial charge < -0.3 is 0 Å². The lowest BCUT2D eigenvalue weighted by Gasteiger charge is -2.37. The summed E-state index contributed by atoms with van der Waals surface area (Å²) in [5, 5.41) is 0. The van der Waals surface area contributed by atoms with Crippen molar-refractivity contribution in [3.8, 4) is 0 Å². The van der Waals surface area contributed by atoms with Gasteiger partial charge in [0.2, 0.25) is 0 Å². The van der Waals surface area contributed by atoms with Crippen molar-refractivity contribution in [2.45, 2.75) is 46.1 Å². The second-order valence-electron chi connectivity index (χ2n) is 6.92. The fraction of sp³-hybridized carbons (Fsp3) is 0.588. The zero-order valence-corrected chi connectivity index (χ0v) is 12.6. The molecule has 1 aliphatic rings. The number of hydrogen-bond acceptors (Lipinski definition) is 2. The van der Waals surface area contributed by atoms with Gasteiger partial charge in [0, 0.05) is 23.1 Å². The van der Waals surface area contributed by atoms with E-state index in [1.807, 2.05) is 30.3 Å². The standard InChI is InChI=1S/C17H25NO/c1-16(2,13-18-12-8-11-17(18,3)4)15(19)14-9-6-5-7-10-14/h5-7,9-10H,8,11-13H2,1-4H3. The lowest BCUT2D eigenvalue weighted by Crippen LogP contribution is -2.46. The molecule has 2 heteroatoms. The van der Waals surface area contributed by atoms with Crippen LogP contribution in [0.3, 0.4) is 0 Å². The van der Waals surface area contributed by atoms with Crippen LogP contribution in [0.4, 0.5) is 0 Å². The Kier molecular flexibility index (Phi) is 3.82. The lowest BCUT2D eigenvalue weighted by molar-refractivity contribution is 0.0685. The van der Waals surface area contributed by atoms with Gasteiger partial charge in [-0.05, 0) is 33.2 Å². The summed E-state index contributed by atoms with van der Waals surface area (Å²) in [6, 6.07) is 9.65. The molecule has 1 fully saturated rings. The normalized spacial score (nSPS) is 19.6. The summed E-state index contributed by atoms with van der Waals surface area (Å²) in [6.07, 6.45) is 2.46. The number of carbonyl (C=O) groups is 1. The first-order chi connectivity index (χ1) is 8.83. The monoisotopic (exact) mass is 259 g/mol. The van der Waals surface area contributed by atoms with E-state index in [-0.39, 0.29) is 16.7 Å². The van der Waals surface area contributed by atoms with Crippen LogP contribution < -0.4 is 0 Å². The van der Waals surface area contributed by atoms with Crippen LogP contribution in [0.2, 0.25) is 0 Å². The average Bonchev–Trinajstić information content (AvgIpc) is 2.68. The molecule has 0 aliphatic carbocycles. The second kappa shape index (κ2) is 5.09. The maximum Gasteiger partial charge on any atom is 0.169 e. The average molecular weight is 259 g/mol.